The fourth-order valence-electron chi connectivity index (χ4n) is 0. The average Bonchev–Trinajstić information content (AvgIpc) is 1.33. The fourth-order valence-corrected chi connectivity index (χ4v) is 0. The van der Waals surface area contributed by atoms with Crippen LogP contribution in [-0.2, 0) is 15.7 Å². The van der Waals surface area contributed by atoms with Gasteiger partial charge >= 0.3 is 0 Å². The maximum absolute atomic E-state index is 8.24. The van der Waals surface area contributed by atoms with Crippen LogP contribution in [-0.4, -0.2) is 30.3 Å². The van der Waals surface area contributed by atoms with Crippen LogP contribution in [0.25, 0.3) is 0 Å². The number of rotatable bonds is 0. The normalized spacial score (nSPS) is 6.86. The Labute approximate surface area is 46.9 Å². The standard InChI is InChI=1S/C3H9S.CHO2/c1-4(2)3;2-1-3/h1-3H3;(H,2,3)/q+1;-1. The summed E-state index contributed by atoms with van der Waals surface area (Å²) in [5.74, 6) is 0. The largest absolute Gasteiger partial charge is 0.665 e. The highest BCUT2D eigenvalue weighted by atomic mass is 32.2. The molecule has 2 nitrogen and oxygen atoms in total. The van der Waals surface area contributed by atoms with Crippen molar-refractivity contribution in [2.24, 2.45) is 0 Å². The smallest absolute Gasteiger partial charge is 0.0969 e. The van der Waals surface area contributed by atoms with Crippen LogP contribution in [0.4, 0.5) is 0 Å². The second-order valence-electron chi connectivity index (χ2n) is 1.32. The highest BCUT2D eigenvalue weighted by Crippen LogP contribution is 1.63. The van der Waals surface area contributed by atoms with Gasteiger partial charge in [-0.15, -0.1) is 0 Å². The lowest BCUT2D eigenvalue weighted by Gasteiger charge is -1.69. The van der Waals surface area contributed by atoms with Crippen LogP contribution >= 0.6 is 0 Å². The van der Waals surface area contributed by atoms with Crippen molar-refractivity contribution in [1.29, 1.82) is 0 Å². The van der Waals surface area contributed by atoms with E-state index in [2.05, 4.69) is 18.8 Å². The van der Waals surface area contributed by atoms with Crippen molar-refractivity contribution < 1.29 is 9.90 Å². The summed E-state index contributed by atoms with van der Waals surface area (Å²) in [5, 5.41) is 6.76. The van der Waals surface area contributed by atoms with Crippen molar-refractivity contribution in [3.63, 3.8) is 0 Å². The maximum atomic E-state index is 8.24. The lowest BCUT2D eigenvalue weighted by molar-refractivity contribution is 0.437. The van der Waals surface area contributed by atoms with Crippen molar-refractivity contribution in [3.05, 3.63) is 0 Å². The lowest BCUT2D eigenvalue weighted by Crippen LogP contribution is -1.84. The van der Waals surface area contributed by atoms with Crippen LogP contribution in [0.3, 0.4) is 0 Å². The van der Waals surface area contributed by atoms with Gasteiger partial charge in [-0.3, -0.25) is 0 Å². The SMILES string of the molecule is C[S+](C)C.O=[C-]O. The Morgan fingerprint density at radius 3 is 1.43 bits per heavy atom. The molecule has 0 saturated heterocycles. The van der Waals surface area contributed by atoms with Gasteiger partial charge in [0.2, 0.25) is 0 Å². The monoisotopic (exact) mass is 122 g/mol. The van der Waals surface area contributed by atoms with Crippen LogP contribution in [0.5, 0.6) is 0 Å². The van der Waals surface area contributed by atoms with Crippen LogP contribution in [0.15, 0.2) is 0 Å². The van der Waals surface area contributed by atoms with E-state index in [1.165, 1.54) is 0 Å². The molecule has 0 aliphatic rings. The van der Waals surface area contributed by atoms with Crippen molar-refractivity contribution in [2.45, 2.75) is 0 Å². The molecule has 0 fully saturated rings. The van der Waals surface area contributed by atoms with Gasteiger partial charge in [-0.1, -0.05) is 6.47 Å². The van der Waals surface area contributed by atoms with E-state index in [1.54, 1.807) is 0 Å². The molecule has 0 aromatic carbocycles. The predicted octanol–water partition coefficient (Wildman–Crippen LogP) is 0.106. The summed E-state index contributed by atoms with van der Waals surface area (Å²) < 4.78 is 0. The molecule has 1 N–H and O–H groups in total. The Morgan fingerprint density at radius 1 is 1.43 bits per heavy atom. The van der Waals surface area contributed by atoms with Crippen molar-refractivity contribution >= 4 is 17.4 Å². The van der Waals surface area contributed by atoms with Gasteiger partial charge in [-0.2, -0.15) is 0 Å². The number of hydrogen-bond donors (Lipinski definition) is 1. The Kier molecular flexibility index (Phi) is 13.2. The van der Waals surface area contributed by atoms with Gasteiger partial charge < -0.3 is 9.90 Å². The molecular formula is C4H10O2S. The summed E-state index contributed by atoms with van der Waals surface area (Å²) in [4.78, 5) is 8.24. The maximum Gasteiger partial charge on any atom is 0.0969 e. The highest BCUT2D eigenvalue weighted by Gasteiger charge is 1.77. The first-order valence-electron chi connectivity index (χ1n) is 1.65. The van der Waals surface area contributed by atoms with Gasteiger partial charge in [0.25, 0.3) is 0 Å². The van der Waals surface area contributed by atoms with E-state index in [9.17, 15) is 0 Å². The van der Waals surface area contributed by atoms with E-state index in [1.807, 2.05) is 0 Å². The van der Waals surface area contributed by atoms with Gasteiger partial charge in [0.15, 0.2) is 0 Å². The fraction of sp³-hybridized carbons (Fsp3) is 0.750. The molecule has 44 valence electrons. The Morgan fingerprint density at radius 2 is 1.43 bits per heavy atom. The van der Waals surface area contributed by atoms with E-state index in [0.717, 1.165) is 0 Å². The minimum atomic E-state index is 0.500. The van der Waals surface area contributed by atoms with E-state index in [0.29, 0.717) is 17.4 Å². The molecule has 3 heteroatoms. The van der Waals surface area contributed by atoms with Crippen molar-refractivity contribution in [1.82, 2.24) is 0 Å². The van der Waals surface area contributed by atoms with E-state index in [4.69, 9.17) is 9.90 Å². The molecule has 0 radical (unpaired) electrons. The third-order valence-electron chi connectivity index (χ3n) is 0. The zero-order chi connectivity index (χ0) is 6.28. The first-order chi connectivity index (χ1) is 3.15. The van der Waals surface area contributed by atoms with E-state index < -0.39 is 0 Å². The van der Waals surface area contributed by atoms with E-state index in [-0.39, 0.29) is 0 Å². The van der Waals surface area contributed by atoms with E-state index >= 15 is 0 Å². The molecule has 0 aliphatic heterocycles. The van der Waals surface area contributed by atoms with Gasteiger partial charge in [-0.05, 0) is 10.9 Å². The van der Waals surface area contributed by atoms with Gasteiger partial charge in [0.05, 0.1) is 18.8 Å². The number of hydrogen-bond acceptors (Lipinski definition) is 1. The zero-order valence-electron chi connectivity index (χ0n) is 4.76. The van der Waals surface area contributed by atoms with Gasteiger partial charge in [0, 0.05) is 0 Å². The summed E-state index contributed by atoms with van der Waals surface area (Å²) in [6.45, 7) is 0.500. The van der Waals surface area contributed by atoms with Crippen LogP contribution in [0, 0.1) is 0 Å². The van der Waals surface area contributed by atoms with Gasteiger partial charge in [0.1, 0.15) is 0 Å². The second kappa shape index (κ2) is 9.27. The van der Waals surface area contributed by atoms with Gasteiger partial charge in [-0.25, -0.2) is 0 Å². The van der Waals surface area contributed by atoms with Crippen LogP contribution in [0.1, 0.15) is 0 Å². The molecule has 0 unspecified atom stereocenters. The average molecular weight is 122 g/mol. The molecule has 0 bridgehead atoms. The van der Waals surface area contributed by atoms with Crippen molar-refractivity contribution in [3.8, 4) is 0 Å². The topological polar surface area (TPSA) is 37.3 Å². The molecule has 7 heavy (non-hydrogen) atoms. The highest BCUT2D eigenvalue weighted by molar-refractivity contribution is 7.94. The third kappa shape index (κ3) is 2620. The summed E-state index contributed by atoms with van der Waals surface area (Å²) in [6.07, 6.45) is 6.58. The first kappa shape index (κ1) is 9.94. The van der Waals surface area contributed by atoms with Crippen LogP contribution < -0.4 is 0 Å². The second-order valence-corrected chi connectivity index (χ2v) is 3.77. The number of aliphatic hydroxyl groups excluding tert-OH is 1. The molecule has 0 heterocycles. The first-order valence-corrected chi connectivity index (χ1v) is 4.10. The molecule has 0 aliphatic carbocycles. The molecule has 0 atom stereocenters. The third-order valence-corrected chi connectivity index (χ3v) is 0. The zero-order valence-corrected chi connectivity index (χ0v) is 5.58. The summed E-state index contributed by atoms with van der Waals surface area (Å²) in [6, 6.07) is 0. The molecule has 0 spiro atoms. The minimum absolute atomic E-state index is 0.500. The molecule has 0 rings (SSSR count). The Hall–Kier alpha value is -0.180. The quantitative estimate of drug-likeness (QED) is 0.365. The molecular weight excluding hydrogens is 112 g/mol. The molecule has 0 aromatic rings. The minimum Gasteiger partial charge on any atom is -0.665 e. The Balaban J connectivity index is 0. The van der Waals surface area contributed by atoms with Crippen LogP contribution in [0.2, 0.25) is 0 Å². The molecule has 0 saturated carbocycles. The molecule has 0 aromatic heterocycles. The summed E-state index contributed by atoms with van der Waals surface area (Å²) in [7, 11) is 0.639. The molecule has 0 amide bonds. The summed E-state index contributed by atoms with van der Waals surface area (Å²) in [5.41, 5.74) is 0. The summed E-state index contributed by atoms with van der Waals surface area (Å²) >= 11 is 0. The predicted molar refractivity (Wildman–Crippen MR) is 33.5 cm³/mol. The Bertz CT molecular complexity index is 33.9. The van der Waals surface area contributed by atoms with Crippen molar-refractivity contribution in [2.75, 3.05) is 18.8 Å². The lowest BCUT2D eigenvalue weighted by atomic mass is 11.7.